The van der Waals surface area contributed by atoms with E-state index in [1.807, 2.05) is 39.0 Å². The predicted octanol–water partition coefficient (Wildman–Crippen LogP) is 2.44. The number of cyclic esters (lactones) is 2. The fraction of sp³-hybridized carbons (Fsp3) is 0.538. The third kappa shape index (κ3) is 6.35. The Morgan fingerprint density at radius 1 is 1.06 bits per heavy atom. The Bertz CT molecular complexity index is 994. The highest BCUT2D eigenvalue weighted by Gasteiger charge is 2.44. The van der Waals surface area contributed by atoms with Crippen LogP contribution in [0, 0.1) is 5.92 Å². The fourth-order valence-corrected chi connectivity index (χ4v) is 4.59. The van der Waals surface area contributed by atoms with E-state index in [4.69, 9.17) is 14.2 Å². The third-order valence-corrected chi connectivity index (χ3v) is 6.44. The van der Waals surface area contributed by atoms with Gasteiger partial charge in [0.05, 0.1) is 13.2 Å². The van der Waals surface area contributed by atoms with Crippen LogP contribution in [-0.2, 0) is 23.9 Å². The molecule has 0 radical (unpaired) electrons. The second-order valence-corrected chi connectivity index (χ2v) is 9.19. The van der Waals surface area contributed by atoms with Crippen molar-refractivity contribution in [2.75, 3.05) is 33.4 Å². The number of rotatable bonds is 4. The predicted molar refractivity (Wildman–Crippen MR) is 131 cm³/mol. The number of hydrogen-bond donors (Lipinski definition) is 1. The molecule has 196 valence electrons. The van der Waals surface area contributed by atoms with Gasteiger partial charge in [-0.15, -0.1) is 0 Å². The van der Waals surface area contributed by atoms with Crippen LogP contribution in [0.3, 0.4) is 0 Å². The van der Waals surface area contributed by atoms with Gasteiger partial charge < -0.3 is 24.4 Å². The van der Waals surface area contributed by atoms with Crippen LogP contribution in [0.2, 0.25) is 0 Å². The lowest BCUT2D eigenvalue weighted by Crippen LogP contribution is -2.58. The summed E-state index contributed by atoms with van der Waals surface area (Å²) in [4.78, 5) is 55.4. The summed E-state index contributed by atoms with van der Waals surface area (Å²) in [6.07, 6.45) is 3.63. The number of carbonyl (C=O) groups is 4. The largest absolute Gasteiger partial charge is 0.497 e. The maximum atomic E-state index is 14.1. The molecule has 2 aliphatic heterocycles. The zero-order valence-corrected chi connectivity index (χ0v) is 21.3. The lowest BCUT2D eigenvalue weighted by molar-refractivity contribution is -0.149. The number of nitrogens with zero attached hydrogens (tertiary/aromatic N) is 2. The van der Waals surface area contributed by atoms with E-state index in [2.05, 4.69) is 5.32 Å². The van der Waals surface area contributed by atoms with E-state index < -0.39 is 36.1 Å². The number of esters is 1. The minimum absolute atomic E-state index is 0.0102. The van der Waals surface area contributed by atoms with Crippen LogP contribution >= 0.6 is 0 Å². The molecule has 0 spiro atoms. The van der Waals surface area contributed by atoms with Crippen molar-refractivity contribution < 1.29 is 33.4 Å². The van der Waals surface area contributed by atoms with Crippen molar-refractivity contribution in [3.05, 3.63) is 42.0 Å². The van der Waals surface area contributed by atoms with Crippen molar-refractivity contribution in [3.8, 4) is 5.75 Å². The molecular formula is C26H35N3O7. The molecule has 10 nitrogen and oxygen atoms in total. The summed E-state index contributed by atoms with van der Waals surface area (Å²) in [6, 6.07) is 5.10. The van der Waals surface area contributed by atoms with Gasteiger partial charge in [0.15, 0.2) is 0 Å². The van der Waals surface area contributed by atoms with Gasteiger partial charge in [-0.2, -0.15) is 0 Å². The second kappa shape index (κ2) is 12.4. The number of carbonyl (C=O) groups excluding carboxylic acids is 4. The molecule has 2 aliphatic rings. The average Bonchev–Trinajstić information content (AvgIpc) is 3.36. The third-order valence-electron chi connectivity index (χ3n) is 6.44. The maximum Gasteiger partial charge on any atom is 0.410 e. The molecule has 2 heterocycles. The number of fused-ring (bicyclic) bond motifs is 1. The monoisotopic (exact) mass is 501 g/mol. The van der Waals surface area contributed by atoms with Gasteiger partial charge >= 0.3 is 12.1 Å². The van der Waals surface area contributed by atoms with E-state index in [0.29, 0.717) is 25.1 Å². The molecule has 36 heavy (non-hydrogen) atoms. The number of hydrogen-bond acceptors (Lipinski definition) is 7. The van der Waals surface area contributed by atoms with Gasteiger partial charge in [0.2, 0.25) is 11.8 Å². The summed E-state index contributed by atoms with van der Waals surface area (Å²) in [5.41, 5.74) is 0.771. The number of amides is 3. The first-order valence-electron chi connectivity index (χ1n) is 12.2. The average molecular weight is 502 g/mol. The highest BCUT2D eigenvalue weighted by Crippen LogP contribution is 2.32. The molecule has 3 rings (SSSR count). The number of methoxy groups -OCH3 is 1. The smallest absolute Gasteiger partial charge is 0.410 e. The van der Waals surface area contributed by atoms with Gasteiger partial charge in [0.25, 0.3) is 0 Å². The van der Waals surface area contributed by atoms with Gasteiger partial charge in [0.1, 0.15) is 37.6 Å². The molecule has 0 unspecified atom stereocenters. The van der Waals surface area contributed by atoms with Crippen LogP contribution < -0.4 is 10.1 Å². The highest BCUT2D eigenvalue weighted by atomic mass is 16.6. The summed E-state index contributed by atoms with van der Waals surface area (Å²) in [5.74, 6) is -1.10. The van der Waals surface area contributed by atoms with Crippen LogP contribution in [-0.4, -0.2) is 79.2 Å². The van der Waals surface area contributed by atoms with Gasteiger partial charge in [-0.3, -0.25) is 19.3 Å². The Hall–Kier alpha value is -3.56. The van der Waals surface area contributed by atoms with E-state index in [1.54, 1.807) is 25.3 Å². The standard InChI is InChI=1S/C26H35N3O7/c1-17(2)23-24(31)27-16-22(30)35-13-5-6-14-36-26(33)28-12-8-11-21(28)25(32)29(23)18(3)19-9-7-10-20(15-19)34-4/h5-7,9-10,15,17-18,21,23H,8,11-14,16H2,1-4H3,(H,27,31)/b6-5+/t18-,21-,23-/m0/s1. The fourth-order valence-electron chi connectivity index (χ4n) is 4.59. The van der Waals surface area contributed by atoms with E-state index in [1.165, 1.54) is 9.80 Å². The normalized spacial score (nSPS) is 24.0. The second-order valence-electron chi connectivity index (χ2n) is 9.19. The van der Waals surface area contributed by atoms with Crippen molar-refractivity contribution in [1.82, 2.24) is 15.1 Å². The summed E-state index contributed by atoms with van der Waals surface area (Å²) in [6.45, 7) is 5.56. The molecule has 0 bridgehead atoms. The van der Waals surface area contributed by atoms with Gasteiger partial charge in [0, 0.05) is 6.54 Å². The topological polar surface area (TPSA) is 114 Å². The molecular weight excluding hydrogens is 466 g/mol. The molecule has 1 fully saturated rings. The molecule has 1 N–H and O–H groups in total. The van der Waals surface area contributed by atoms with E-state index in [-0.39, 0.29) is 31.6 Å². The van der Waals surface area contributed by atoms with Crippen LogP contribution in [0.15, 0.2) is 36.4 Å². The molecule has 1 aromatic carbocycles. The first-order valence-corrected chi connectivity index (χ1v) is 12.2. The van der Waals surface area contributed by atoms with Crippen molar-refractivity contribution in [1.29, 1.82) is 0 Å². The molecule has 3 amide bonds. The van der Waals surface area contributed by atoms with Crippen LogP contribution in [0.1, 0.15) is 45.2 Å². The Labute approximate surface area is 211 Å². The van der Waals surface area contributed by atoms with Crippen molar-refractivity contribution in [3.63, 3.8) is 0 Å². The van der Waals surface area contributed by atoms with Crippen molar-refractivity contribution in [2.45, 2.75) is 51.7 Å². The Morgan fingerprint density at radius 3 is 2.47 bits per heavy atom. The highest BCUT2D eigenvalue weighted by molar-refractivity contribution is 5.93. The lowest BCUT2D eigenvalue weighted by atomic mass is 9.95. The van der Waals surface area contributed by atoms with Crippen molar-refractivity contribution in [2.24, 2.45) is 5.92 Å². The Kier molecular flexibility index (Phi) is 9.32. The van der Waals surface area contributed by atoms with E-state index >= 15 is 0 Å². The first-order chi connectivity index (χ1) is 17.2. The van der Waals surface area contributed by atoms with Crippen LogP contribution in [0.4, 0.5) is 4.79 Å². The first kappa shape index (κ1) is 27.0. The molecule has 3 atom stereocenters. The number of nitrogens with one attached hydrogen (secondary N) is 1. The lowest BCUT2D eigenvalue weighted by Gasteiger charge is -2.40. The summed E-state index contributed by atoms with van der Waals surface area (Å²) >= 11 is 0. The number of ether oxygens (including phenoxy) is 3. The SMILES string of the molecule is COc1cccc([C@H](C)N2C(=O)[C@@H]3CCCN3C(=O)OC/C=C/COC(=O)CNC(=O)[C@@H]2C(C)C)c1. The summed E-state index contributed by atoms with van der Waals surface area (Å²) < 4.78 is 15.8. The molecule has 1 aromatic rings. The van der Waals surface area contributed by atoms with Crippen LogP contribution in [0.25, 0.3) is 0 Å². The van der Waals surface area contributed by atoms with E-state index in [9.17, 15) is 19.2 Å². The Morgan fingerprint density at radius 2 is 1.78 bits per heavy atom. The van der Waals surface area contributed by atoms with Gasteiger partial charge in [-0.25, -0.2) is 4.79 Å². The summed E-state index contributed by atoms with van der Waals surface area (Å²) in [7, 11) is 1.56. The molecule has 10 heteroatoms. The summed E-state index contributed by atoms with van der Waals surface area (Å²) in [5, 5.41) is 2.63. The number of benzene rings is 1. The molecule has 0 saturated carbocycles. The molecule has 0 aromatic heterocycles. The minimum atomic E-state index is -0.905. The maximum absolute atomic E-state index is 14.1. The van der Waals surface area contributed by atoms with Gasteiger partial charge in [-0.05, 0) is 55.5 Å². The molecule has 0 aliphatic carbocycles. The minimum Gasteiger partial charge on any atom is -0.497 e. The van der Waals surface area contributed by atoms with E-state index in [0.717, 1.165) is 5.56 Å². The Balaban J connectivity index is 2.04. The van der Waals surface area contributed by atoms with Gasteiger partial charge in [-0.1, -0.05) is 26.0 Å². The van der Waals surface area contributed by atoms with Crippen molar-refractivity contribution >= 4 is 23.9 Å². The zero-order valence-electron chi connectivity index (χ0n) is 21.3. The van der Waals surface area contributed by atoms with Crippen LogP contribution in [0.5, 0.6) is 5.75 Å². The zero-order chi connectivity index (χ0) is 26.2. The molecule has 1 saturated heterocycles. The quantitative estimate of drug-likeness (QED) is 0.498.